The molecule has 2 aliphatic carbocycles. The molecule has 0 amide bonds. The van der Waals surface area contributed by atoms with Crippen LogP contribution in [0.5, 0.6) is 11.5 Å². The molecule has 2 aromatic rings. The van der Waals surface area contributed by atoms with Gasteiger partial charge in [0, 0.05) is 42.8 Å². The molecular weight excluding hydrogens is 442 g/mol. The maximum absolute atomic E-state index is 6.81. The zero-order valence-corrected chi connectivity index (χ0v) is 21.3. The lowest BCUT2D eigenvalue weighted by Gasteiger charge is -2.57. The Hall–Kier alpha value is -2.02. The molecule has 1 aromatic carbocycles. The van der Waals surface area contributed by atoms with Crippen LogP contribution in [0.4, 0.5) is 0 Å². The van der Waals surface area contributed by atoms with Gasteiger partial charge in [0.05, 0.1) is 32.3 Å². The smallest absolute Gasteiger partial charge is 0.165 e. The van der Waals surface area contributed by atoms with Crippen molar-refractivity contribution in [1.29, 1.82) is 0 Å². The number of fused-ring (bicyclic) bond motifs is 1. The van der Waals surface area contributed by atoms with E-state index in [4.69, 9.17) is 23.4 Å². The fourth-order valence-corrected chi connectivity index (χ4v) is 7.29. The van der Waals surface area contributed by atoms with Gasteiger partial charge in [-0.25, -0.2) is 0 Å². The molecule has 1 saturated carbocycles. The van der Waals surface area contributed by atoms with Crippen LogP contribution in [0.1, 0.15) is 55.7 Å². The van der Waals surface area contributed by atoms with E-state index in [9.17, 15) is 0 Å². The van der Waals surface area contributed by atoms with Crippen molar-refractivity contribution in [1.82, 2.24) is 4.90 Å². The zero-order chi connectivity index (χ0) is 24.0. The van der Waals surface area contributed by atoms with Crippen LogP contribution < -0.4 is 9.47 Å². The van der Waals surface area contributed by atoms with Gasteiger partial charge in [0.25, 0.3) is 0 Å². The minimum Gasteiger partial charge on any atom is -0.493 e. The molecule has 6 nitrogen and oxygen atoms in total. The highest BCUT2D eigenvalue weighted by molar-refractivity contribution is 5.60. The molecule has 6 rings (SSSR count). The molecule has 2 fully saturated rings. The van der Waals surface area contributed by atoms with Crippen LogP contribution in [0.25, 0.3) is 0 Å². The molecule has 3 heterocycles. The highest BCUT2D eigenvalue weighted by Gasteiger charge is 2.63. The van der Waals surface area contributed by atoms with E-state index < -0.39 is 0 Å². The third kappa shape index (κ3) is 3.98. The predicted octanol–water partition coefficient (Wildman–Crippen LogP) is 4.98. The third-order valence-electron chi connectivity index (χ3n) is 9.12. The molecule has 0 N–H and O–H groups in total. The summed E-state index contributed by atoms with van der Waals surface area (Å²) in [5.74, 6) is 3.23. The zero-order valence-electron chi connectivity index (χ0n) is 21.3. The highest BCUT2D eigenvalue weighted by atomic mass is 16.6. The lowest BCUT2D eigenvalue weighted by Crippen LogP contribution is -2.64. The number of nitrogens with zero attached hydrogens (tertiary/aromatic N) is 1. The van der Waals surface area contributed by atoms with Gasteiger partial charge < -0.3 is 23.4 Å². The van der Waals surface area contributed by atoms with Crippen LogP contribution in [0.2, 0.25) is 0 Å². The van der Waals surface area contributed by atoms with Gasteiger partial charge in [-0.3, -0.25) is 4.90 Å². The highest BCUT2D eigenvalue weighted by Crippen LogP contribution is 2.62. The minimum absolute atomic E-state index is 0.000253. The van der Waals surface area contributed by atoms with Crippen molar-refractivity contribution in [3.63, 3.8) is 0 Å². The van der Waals surface area contributed by atoms with E-state index in [1.165, 1.54) is 30.5 Å². The molecule has 5 atom stereocenters. The molecule has 2 aliphatic heterocycles. The number of piperidine rings is 1. The Morgan fingerprint density at radius 2 is 2.09 bits per heavy atom. The number of furan rings is 1. The summed E-state index contributed by atoms with van der Waals surface area (Å²) in [5, 5.41) is 0. The quantitative estimate of drug-likeness (QED) is 0.422. The predicted molar refractivity (Wildman–Crippen MR) is 133 cm³/mol. The molecule has 6 heteroatoms. The molecular formula is C29H39NO5. The van der Waals surface area contributed by atoms with E-state index in [-0.39, 0.29) is 17.6 Å². The molecule has 1 spiro atoms. The molecule has 2 bridgehead atoms. The van der Waals surface area contributed by atoms with Gasteiger partial charge in [0.1, 0.15) is 6.10 Å². The molecule has 4 aliphatic rings. The standard InChI is InChI=1S/C29H39NO5/c1-19(31-2)28-29-11-12-30(16-20-6-7-20)24(15-22-8-9-25(32-3)27(35-28)26(22)29)23(29)5-4-13-33-17-21-10-14-34-18-21/h8-10,14,18-20,23-24,28H,4-7,11-13,15-17H2,1-3H3/t19?,23?,24?,28-,29?/m0/s1. The Morgan fingerprint density at radius 3 is 2.83 bits per heavy atom. The van der Waals surface area contributed by atoms with Crippen molar-refractivity contribution in [2.24, 2.45) is 11.8 Å². The largest absolute Gasteiger partial charge is 0.493 e. The minimum atomic E-state index is -0.0395. The lowest BCUT2D eigenvalue weighted by atomic mass is 9.54. The molecule has 190 valence electrons. The van der Waals surface area contributed by atoms with E-state index >= 15 is 0 Å². The van der Waals surface area contributed by atoms with Crippen molar-refractivity contribution in [2.45, 2.75) is 75.7 Å². The van der Waals surface area contributed by atoms with Crippen molar-refractivity contribution >= 4 is 0 Å². The molecule has 0 radical (unpaired) electrons. The summed E-state index contributed by atoms with van der Waals surface area (Å²) in [6, 6.07) is 6.92. The normalized spacial score (nSPS) is 30.1. The van der Waals surface area contributed by atoms with Crippen molar-refractivity contribution in [3.8, 4) is 11.5 Å². The Bertz CT molecular complexity index is 1020. The van der Waals surface area contributed by atoms with Crippen LogP contribution in [-0.4, -0.2) is 57.1 Å². The summed E-state index contributed by atoms with van der Waals surface area (Å²) < 4.78 is 29.7. The summed E-state index contributed by atoms with van der Waals surface area (Å²) in [4.78, 5) is 2.82. The summed E-state index contributed by atoms with van der Waals surface area (Å²) >= 11 is 0. The van der Waals surface area contributed by atoms with Gasteiger partial charge in [0.2, 0.25) is 0 Å². The summed E-state index contributed by atoms with van der Waals surface area (Å²) in [5.41, 5.74) is 3.92. The van der Waals surface area contributed by atoms with Gasteiger partial charge in [-0.15, -0.1) is 0 Å². The lowest BCUT2D eigenvalue weighted by molar-refractivity contribution is -0.0796. The van der Waals surface area contributed by atoms with Gasteiger partial charge >= 0.3 is 0 Å². The van der Waals surface area contributed by atoms with Gasteiger partial charge in [0.15, 0.2) is 11.5 Å². The van der Waals surface area contributed by atoms with Crippen molar-refractivity contribution in [3.05, 3.63) is 47.4 Å². The van der Waals surface area contributed by atoms with E-state index in [2.05, 4.69) is 24.0 Å². The fraction of sp³-hybridized carbons (Fsp3) is 0.655. The fourth-order valence-electron chi connectivity index (χ4n) is 7.29. The first kappa shape index (κ1) is 23.4. The maximum Gasteiger partial charge on any atom is 0.165 e. The van der Waals surface area contributed by atoms with E-state index in [1.54, 1.807) is 19.6 Å². The van der Waals surface area contributed by atoms with E-state index in [0.717, 1.165) is 61.8 Å². The van der Waals surface area contributed by atoms with Gasteiger partial charge in [-0.05, 0) is 81.5 Å². The SMILES string of the molecule is COc1ccc2c3c1O[C@@H](C(C)OC)C31CCN(CC3CC3)C(C2)C1CCCOCc1ccoc1. The van der Waals surface area contributed by atoms with E-state index in [1.807, 2.05) is 13.2 Å². The van der Waals surface area contributed by atoms with Crippen LogP contribution >= 0.6 is 0 Å². The number of rotatable bonds is 11. The molecule has 1 aromatic heterocycles. The van der Waals surface area contributed by atoms with Crippen LogP contribution in [0.15, 0.2) is 35.1 Å². The summed E-state index contributed by atoms with van der Waals surface area (Å²) in [6.45, 7) is 5.93. The topological polar surface area (TPSA) is 53.3 Å². The number of benzene rings is 1. The Labute approximate surface area is 208 Å². The first-order valence-electron chi connectivity index (χ1n) is 13.4. The number of hydrogen-bond acceptors (Lipinski definition) is 6. The van der Waals surface area contributed by atoms with Crippen molar-refractivity contribution < 1.29 is 23.4 Å². The number of hydrogen-bond donors (Lipinski definition) is 0. The summed E-state index contributed by atoms with van der Waals surface area (Å²) in [7, 11) is 3.56. The average molecular weight is 482 g/mol. The first-order valence-corrected chi connectivity index (χ1v) is 13.4. The Balaban J connectivity index is 1.31. The van der Waals surface area contributed by atoms with Gasteiger partial charge in [-0.2, -0.15) is 0 Å². The van der Waals surface area contributed by atoms with Crippen LogP contribution in [-0.2, 0) is 27.9 Å². The second-order valence-electron chi connectivity index (χ2n) is 11.0. The second-order valence-corrected chi connectivity index (χ2v) is 11.0. The maximum atomic E-state index is 6.81. The molecule has 4 unspecified atom stereocenters. The van der Waals surface area contributed by atoms with Crippen LogP contribution in [0, 0.1) is 11.8 Å². The number of ether oxygens (including phenoxy) is 4. The van der Waals surface area contributed by atoms with Crippen LogP contribution in [0.3, 0.4) is 0 Å². The first-order chi connectivity index (χ1) is 17.2. The third-order valence-corrected chi connectivity index (χ3v) is 9.12. The Morgan fingerprint density at radius 1 is 1.20 bits per heavy atom. The Kier molecular flexibility index (Phi) is 6.32. The number of methoxy groups -OCH3 is 2. The average Bonchev–Trinajstić information content (AvgIpc) is 3.40. The molecule has 1 saturated heterocycles. The second kappa shape index (κ2) is 9.45. The molecule has 35 heavy (non-hydrogen) atoms. The van der Waals surface area contributed by atoms with Gasteiger partial charge in [-0.1, -0.05) is 6.07 Å². The monoisotopic (exact) mass is 481 g/mol. The van der Waals surface area contributed by atoms with E-state index in [0.29, 0.717) is 18.6 Å². The summed E-state index contributed by atoms with van der Waals surface area (Å²) in [6.07, 6.45) is 10.6. The number of likely N-dealkylation sites (tertiary alicyclic amines) is 1. The van der Waals surface area contributed by atoms with Crippen molar-refractivity contribution in [2.75, 3.05) is 33.9 Å².